The van der Waals surface area contributed by atoms with Gasteiger partial charge in [0.05, 0.1) is 6.54 Å². The van der Waals surface area contributed by atoms with Gasteiger partial charge in [-0.2, -0.15) is 0 Å². The number of alkyl halides is 1. The second kappa shape index (κ2) is 5.25. The van der Waals surface area contributed by atoms with E-state index in [9.17, 15) is 13.6 Å². The minimum absolute atomic E-state index is 0.0681. The van der Waals surface area contributed by atoms with Crippen LogP contribution in [0.2, 0.25) is 0 Å². The Morgan fingerprint density at radius 1 is 1.50 bits per heavy atom. The van der Waals surface area contributed by atoms with E-state index in [-0.39, 0.29) is 18.5 Å². The lowest BCUT2D eigenvalue weighted by Gasteiger charge is -2.05. The number of hydrogen-bond donors (Lipinski definition) is 0. The van der Waals surface area contributed by atoms with E-state index in [1.165, 1.54) is 24.3 Å². The molecular formula is C10H9F2NO. The topological polar surface area (TPSA) is 29.4 Å². The molecule has 0 radical (unpaired) electrons. The van der Waals surface area contributed by atoms with Gasteiger partial charge in [-0.3, -0.25) is 0 Å². The molecule has 2 nitrogen and oxygen atoms in total. The van der Waals surface area contributed by atoms with Crippen LogP contribution in [0.15, 0.2) is 29.3 Å². The first kappa shape index (κ1) is 10.5. The number of halogens is 2. The third-order valence-corrected chi connectivity index (χ3v) is 1.77. The molecule has 4 heteroatoms. The molecule has 0 saturated carbocycles. The summed E-state index contributed by atoms with van der Waals surface area (Å²) >= 11 is 0. The van der Waals surface area contributed by atoms with Gasteiger partial charge in [-0.1, -0.05) is 12.1 Å². The Morgan fingerprint density at radius 3 is 2.93 bits per heavy atom. The summed E-state index contributed by atoms with van der Waals surface area (Å²) in [5, 5.41) is 0. The van der Waals surface area contributed by atoms with E-state index in [2.05, 4.69) is 4.99 Å². The monoisotopic (exact) mass is 197 g/mol. The molecule has 0 heterocycles. The minimum Gasteiger partial charge on any atom is -0.242 e. The van der Waals surface area contributed by atoms with E-state index in [1.54, 1.807) is 0 Å². The molecule has 14 heavy (non-hydrogen) atoms. The van der Waals surface area contributed by atoms with Crippen molar-refractivity contribution in [3.8, 4) is 0 Å². The zero-order valence-corrected chi connectivity index (χ0v) is 7.41. The van der Waals surface area contributed by atoms with E-state index in [4.69, 9.17) is 0 Å². The van der Waals surface area contributed by atoms with Crippen molar-refractivity contribution in [3.05, 3.63) is 35.6 Å². The van der Waals surface area contributed by atoms with Crippen LogP contribution in [-0.2, 0) is 4.79 Å². The first-order valence-electron chi connectivity index (χ1n) is 4.17. The molecule has 0 aromatic heterocycles. The molecule has 0 spiro atoms. The fourth-order valence-electron chi connectivity index (χ4n) is 1.09. The zero-order chi connectivity index (χ0) is 10.4. The molecule has 1 aromatic rings. The molecule has 0 saturated heterocycles. The molecule has 1 unspecified atom stereocenters. The Morgan fingerprint density at radius 2 is 2.29 bits per heavy atom. The molecule has 1 aromatic carbocycles. The second-order valence-corrected chi connectivity index (χ2v) is 2.78. The van der Waals surface area contributed by atoms with Gasteiger partial charge in [0.15, 0.2) is 0 Å². The number of hydrogen-bond acceptors (Lipinski definition) is 2. The maximum absolute atomic E-state index is 13.3. The summed E-state index contributed by atoms with van der Waals surface area (Å²) in [6.07, 6.45) is 0.0992. The van der Waals surface area contributed by atoms with E-state index >= 15 is 0 Å². The lowest BCUT2D eigenvalue weighted by atomic mass is 10.1. The van der Waals surface area contributed by atoms with Crippen molar-refractivity contribution in [1.29, 1.82) is 0 Å². The van der Waals surface area contributed by atoms with Crippen LogP contribution in [0, 0.1) is 5.82 Å². The Hall–Kier alpha value is -1.54. The van der Waals surface area contributed by atoms with Crippen molar-refractivity contribution in [1.82, 2.24) is 0 Å². The summed E-state index contributed by atoms with van der Waals surface area (Å²) in [6, 6.07) is 5.33. The summed E-state index contributed by atoms with van der Waals surface area (Å²) in [5.74, 6) is -0.468. The standard InChI is InChI=1S/C10H9F2NO/c11-9-3-1-2-8(6-9)10(12)4-5-13-7-14/h1-3,6,10H,4-5H2. The summed E-state index contributed by atoms with van der Waals surface area (Å²) in [7, 11) is 0. The van der Waals surface area contributed by atoms with Crippen LogP contribution in [-0.4, -0.2) is 12.6 Å². The van der Waals surface area contributed by atoms with Crippen molar-refractivity contribution >= 4 is 6.08 Å². The SMILES string of the molecule is O=C=NCCC(F)c1cccc(F)c1. The van der Waals surface area contributed by atoms with Gasteiger partial charge in [0.25, 0.3) is 0 Å². The smallest absolute Gasteiger partial charge is 0.234 e. The van der Waals surface area contributed by atoms with Crippen LogP contribution in [0.25, 0.3) is 0 Å². The maximum Gasteiger partial charge on any atom is 0.234 e. The molecule has 1 atom stereocenters. The predicted octanol–water partition coefficient (Wildman–Crippen LogP) is 2.56. The van der Waals surface area contributed by atoms with Crippen molar-refractivity contribution in [2.75, 3.05) is 6.54 Å². The normalized spacial score (nSPS) is 11.9. The second-order valence-electron chi connectivity index (χ2n) is 2.78. The fraction of sp³-hybridized carbons (Fsp3) is 0.300. The number of carbonyl (C=O) groups excluding carboxylic acids is 1. The largest absolute Gasteiger partial charge is 0.242 e. The third kappa shape index (κ3) is 3.07. The van der Waals surface area contributed by atoms with Crippen LogP contribution in [0.5, 0.6) is 0 Å². The minimum atomic E-state index is -1.29. The number of aliphatic imine (C=N–C) groups is 1. The highest BCUT2D eigenvalue weighted by Gasteiger charge is 2.09. The third-order valence-electron chi connectivity index (χ3n) is 1.77. The fourth-order valence-corrected chi connectivity index (χ4v) is 1.09. The summed E-state index contributed by atoms with van der Waals surface area (Å²) < 4.78 is 25.9. The highest BCUT2D eigenvalue weighted by molar-refractivity contribution is 5.32. The van der Waals surface area contributed by atoms with Crippen molar-refractivity contribution in [2.24, 2.45) is 4.99 Å². The molecule has 0 aliphatic rings. The highest BCUT2D eigenvalue weighted by atomic mass is 19.1. The van der Waals surface area contributed by atoms with Crippen molar-refractivity contribution in [3.63, 3.8) is 0 Å². The Kier molecular flexibility index (Phi) is 3.95. The quantitative estimate of drug-likeness (QED) is 0.538. The number of rotatable bonds is 4. The van der Waals surface area contributed by atoms with Gasteiger partial charge in [-0.05, 0) is 17.7 Å². The van der Waals surface area contributed by atoms with Gasteiger partial charge in [0, 0.05) is 6.42 Å². The van der Waals surface area contributed by atoms with E-state index in [0.717, 1.165) is 6.07 Å². The lowest BCUT2D eigenvalue weighted by Crippen LogP contribution is -1.94. The van der Waals surface area contributed by atoms with Gasteiger partial charge in [-0.25, -0.2) is 18.6 Å². The number of isocyanates is 1. The first-order valence-corrected chi connectivity index (χ1v) is 4.17. The van der Waals surface area contributed by atoms with Gasteiger partial charge in [0.2, 0.25) is 6.08 Å². The summed E-state index contributed by atoms with van der Waals surface area (Å²) in [5.41, 5.74) is 0.270. The van der Waals surface area contributed by atoms with E-state index in [0.29, 0.717) is 0 Å². The van der Waals surface area contributed by atoms with Crippen LogP contribution in [0.4, 0.5) is 8.78 Å². The van der Waals surface area contributed by atoms with Crippen LogP contribution < -0.4 is 0 Å². The molecule has 0 aliphatic carbocycles. The molecule has 0 N–H and O–H groups in total. The van der Waals surface area contributed by atoms with E-state index < -0.39 is 12.0 Å². The molecular weight excluding hydrogens is 188 g/mol. The van der Waals surface area contributed by atoms with Crippen molar-refractivity contribution in [2.45, 2.75) is 12.6 Å². The first-order chi connectivity index (χ1) is 6.74. The lowest BCUT2D eigenvalue weighted by molar-refractivity contribution is 0.327. The van der Waals surface area contributed by atoms with Crippen molar-refractivity contribution < 1.29 is 13.6 Å². The average molecular weight is 197 g/mol. The molecule has 0 bridgehead atoms. The van der Waals surface area contributed by atoms with E-state index in [1.807, 2.05) is 0 Å². The Bertz CT molecular complexity index is 348. The van der Waals surface area contributed by atoms with Crippen LogP contribution in [0.3, 0.4) is 0 Å². The van der Waals surface area contributed by atoms with Crippen LogP contribution in [0.1, 0.15) is 18.2 Å². The van der Waals surface area contributed by atoms with Gasteiger partial charge in [0.1, 0.15) is 12.0 Å². The molecule has 74 valence electrons. The van der Waals surface area contributed by atoms with Gasteiger partial charge in [-0.15, -0.1) is 0 Å². The summed E-state index contributed by atoms with van der Waals surface area (Å²) in [4.78, 5) is 12.9. The predicted molar refractivity (Wildman–Crippen MR) is 47.9 cm³/mol. The number of nitrogens with zero attached hydrogens (tertiary/aromatic N) is 1. The van der Waals surface area contributed by atoms with Gasteiger partial charge < -0.3 is 0 Å². The highest BCUT2D eigenvalue weighted by Crippen LogP contribution is 2.21. The molecule has 0 amide bonds. The molecule has 1 rings (SSSR count). The Labute approximate surface area is 80.3 Å². The molecule has 0 aliphatic heterocycles. The van der Waals surface area contributed by atoms with Crippen LogP contribution >= 0.6 is 0 Å². The maximum atomic E-state index is 13.3. The molecule has 0 fully saturated rings. The average Bonchev–Trinajstić information content (AvgIpc) is 2.18. The summed E-state index contributed by atoms with van der Waals surface area (Å²) in [6.45, 7) is 0.0706. The number of benzene rings is 1. The Balaban J connectivity index is 2.59. The van der Waals surface area contributed by atoms with Gasteiger partial charge >= 0.3 is 0 Å². The zero-order valence-electron chi connectivity index (χ0n) is 7.41.